The third-order valence-electron chi connectivity index (χ3n) is 8.06. The van der Waals surface area contributed by atoms with Crippen molar-refractivity contribution in [2.45, 2.75) is 56.9 Å². The number of primary amides is 1. The average molecular weight is 570 g/mol. The summed E-state index contributed by atoms with van der Waals surface area (Å²) in [6.45, 7) is 7.06. The van der Waals surface area contributed by atoms with E-state index in [9.17, 15) is 44.7 Å². The molecule has 1 aromatic carbocycles. The number of likely N-dealkylation sites (N-methyl/N-ethyl adjacent to an activating group) is 1. The maximum atomic E-state index is 13.9. The molecule has 3 aliphatic rings. The summed E-state index contributed by atoms with van der Waals surface area (Å²) in [7, 11) is 2.93. The lowest BCUT2D eigenvalue weighted by Crippen LogP contribution is -2.68. The molecule has 220 valence electrons. The van der Waals surface area contributed by atoms with Crippen LogP contribution in [0.1, 0.15) is 55.1 Å². The van der Waals surface area contributed by atoms with Gasteiger partial charge in [0.15, 0.2) is 11.4 Å². The van der Waals surface area contributed by atoms with Gasteiger partial charge >= 0.3 is 0 Å². The van der Waals surface area contributed by atoms with Gasteiger partial charge < -0.3 is 36.6 Å². The fraction of sp³-hybridized carbons (Fsp3) is 0.448. The molecule has 1 aromatic rings. The molecule has 3 aliphatic carbocycles. The summed E-state index contributed by atoms with van der Waals surface area (Å²) in [6.07, 6.45) is 1.02. The first kappa shape index (κ1) is 30.0. The zero-order chi connectivity index (χ0) is 30.9. The van der Waals surface area contributed by atoms with E-state index in [0.717, 1.165) is 0 Å². The number of nitrogens with one attached hydrogen (secondary N) is 1. The molecule has 0 saturated heterocycles. The van der Waals surface area contributed by atoms with Crippen LogP contribution in [-0.4, -0.2) is 91.2 Å². The molecule has 41 heavy (non-hydrogen) atoms. The van der Waals surface area contributed by atoms with E-state index in [1.165, 1.54) is 43.3 Å². The van der Waals surface area contributed by atoms with Gasteiger partial charge in [0.1, 0.15) is 22.8 Å². The van der Waals surface area contributed by atoms with Crippen molar-refractivity contribution in [2.24, 2.45) is 17.6 Å². The molecule has 8 N–H and O–H groups in total. The van der Waals surface area contributed by atoms with Crippen LogP contribution in [0.2, 0.25) is 0 Å². The Kier molecular flexibility index (Phi) is 7.18. The summed E-state index contributed by atoms with van der Waals surface area (Å²) >= 11 is 0. The molecular weight excluding hydrogens is 534 g/mol. The number of carbonyl (C=O) groups excluding carboxylic acids is 4. The number of rotatable bonds is 4. The number of aliphatic hydroxyl groups excluding tert-OH is 3. The van der Waals surface area contributed by atoms with Gasteiger partial charge in [-0.25, -0.2) is 0 Å². The number of fused-ring (bicyclic) bond motifs is 3. The summed E-state index contributed by atoms with van der Waals surface area (Å²) < 4.78 is 0. The molecule has 0 radical (unpaired) electrons. The second-order valence-corrected chi connectivity index (χ2v) is 12.1. The number of aliphatic hydroxyl groups is 4. The molecule has 6 atom stereocenters. The van der Waals surface area contributed by atoms with Gasteiger partial charge in [0.25, 0.3) is 5.91 Å². The van der Waals surface area contributed by atoms with Crippen LogP contribution >= 0.6 is 0 Å². The average Bonchev–Trinajstić information content (AvgIpc) is 2.84. The molecular formula is C29H35N3O9. The van der Waals surface area contributed by atoms with Crippen LogP contribution in [0.15, 0.2) is 40.9 Å². The lowest BCUT2D eigenvalue weighted by atomic mass is 9.55. The van der Waals surface area contributed by atoms with Crippen molar-refractivity contribution >= 4 is 29.5 Å². The summed E-state index contributed by atoms with van der Waals surface area (Å²) in [5.41, 5.74) is 0.813. The fourth-order valence-corrected chi connectivity index (χ4v) is 6.46. The molecule has 0 aliphatic heterocycles. The zero-order valence-corrected chi connectivity index (χ0v) is 23.6. The second-order valence-electron chi connectivity index (χ2n) is 12.1. The van der Waals surface area contributed by atoms with E-state index in [0.29, 0.717) is 5.56 Å². The minimum absolute atomic E-state index is 0.233. The number of benzene rings is 1. The third-order valence-corrected chi connectivity index (χ3v) is 8.06. The van der Waals surface area contributed by atoms with Gasteiger partial charge in [0.2, 0.25) is 11.7 Å². The molecule has 0 spiro atoms. The normalized spacial score (nSPS) is 29.9. The number of phenolic OH excluding ortho intramolecular Hbond substituents is 1. The van der Waals surface area contributed by atoms with Crippen molar-refractivity contribution in [1.29, 1.82) is 0 Å². The van der Waals surface area contributed by atoms with Crippen LogP contribution in [0.5, 0.6) is 5.75 Å². The molecule has 0 saturated carbocycles. The number of carbonyl (C=O) groups is 4. The molecule has 0 heterocycles. The Balaban J connectivity index is 1.95. The lowest BCUT2D eigenvalue weighted by Gasteiger charge is -2.53. The van der Waals surface area contributed by atoms with E-state index in [4.69, 9.17) is 5.73 Å². The predicted octanol–water partition coefficient (Wildman–Crippen LogP) is 0.580. The Morgan fingerprint density at radius 2 is 1.73 bits per heavy atom. The first-order valence-electron chi connectivity index (χ1n) is 13.0. The molecule has 4 rings (SSSR count). The van der Waals surface area contributed by atoms with Gasteiger partial charge in [-0.1, -0.05) is 13.0 Å². The third kappa shape index (κ3) is 4.42. The van der Waals surface area contributed by atoms with Gasteiger partial charge in [0, 0.05) is 23.1 Å². The van der Waals surface area contributed by atoms with Crippen LogP contribution < -0.4 is 11.1 Å². The predicted molar refractivity (Wildman–Crippen MR) is 147 cm³/mol. The number of ketones is 2. The lowest BCUT2D eigenvalue weighted by molar-refractivity contribution is -0.162. The first-order valence-corrected chi connectivity index (χ1v) is 13.0. The number of nitrogens with two attached hydrogens (primary N) is 1. The van der Waals surface area contributed by atoms with Crippen molar-refractivity contribution < 1.29 is 44.7 Å². The van der Waals surface area contributed by atoms with Crippen molar-refractivity contribution in [3.63, 3.8) is 0 Å². The summed E-state index contributed by atoms with van der Waals surface area (Å²) in [5.74, 6) is -10.1. The van der Waals surface area contributed by atoms with Gasteiger partial charge in [-0.05, 0) is 64.1 Å². The van der Waals surface area contributed by atoms with E-state index >= 15 is 0 Å². The Bertz CT molecular complexity index is 1470. The Hall–Kier alpha value is -4.00. The Labute approximate surface area is 236 Å². The number of amides is 2. The Morgan fingerprint density at radius 1 is 1.12 bits per heavy atom. The number of Topliss-reactive ketones (excluding diaryl/α,β-unsaturated/α-hetero) is 2. The number of hydrogen-bond acceptors (Lipinski definition) is 10. The maximum Gasteiger partial charge on any atom is 0.255 e. The van der Waals surface area contributed by atoms with Crippen LogP contribution in [0.25, 0.3) is 6.08 Å². The highest BCUT2D eigenvalue weighted by atomic mass is 16.4. The minimum Gasteiger partial charge on any atom is -0.510 e. The maximum absolute atomic E-state index is 13.9. The highest BCUT2D eigenvalue weighted by molar-refractivity contribution is 6.25. The standard InChI is InChI=1S/C29H35N3O9/c1-11-15-12(8-10-14(34)31-28(2,3)4)7-9-13(33)17(15)22(35)18-16(11)23(36)20-21(32(5)6)24(37)19(27(30)40)26(39)29(20,41)25(18)38/h7-11,16,20-21,23,33,36-38,41H,1-6H3,(H2,30,40)(H,31,34)/b10-8+/t11-,16+,20+,21+,23-,29-/m0/s1. The van der Waals surface area contributed by atoms with Crippen LogP contribution in [0.4, 0.5) is 0 Å². The van der Waals surface area contributed by atoms with E-state index in [-0.39, 0.29) is 11.1 Å². The fourth-order valence-electron chi connectivity index (χ4n) is 6.46. The molecule has 2 amide bonds. The van der Waals surface area contributed by atoms with Crippen LogP contribution in [-0.2, 0) is 14.4 Å². The van der Waals surface area contributed by atoms with Gasteiger partial charge in [-0.2, -0.15) is 0 Å². The van der Waals surface area contributed by atoms with Crippen molar-refractivity contribution in [1.82, 2.24) is 10.2 Å². The zero-order valence-electron chi connectivity index (χ0n) is 23.6. The van der Waals surface area contributed by atoms with E-state index < -0.39 is 92.8 Å². The highest BCUT2D eigenvalue weighted by Gasteiger charge is 2.67. The topological polar surface area (TPSA) is 211 Å². The molecule has 12 nitrogen and oxygen atoms in total. The van der Waals surface area contributed by atoms with E-state index in [1.807, 2.05) is 20.8 Å². The second kappa shape index (κ2) is 9.82. The quantitative estimate of drug-likeness (QED) is 0.198. The van der Waals surface area contributed by atoms with Crippen LogP contribution in [0.3, 0.4) is 0 Å². The summed E-state index contributed by atoms with van der Waals surface area (Å²) in [6, 6.07) is 1.38. The Morgan fingerprint density at radius 3 is 2.27 bits per heavy atom. The summed E-state index contributed by atoms with van der Waals surface area (Å²) in [4.78, 5) is 53.3. The molecule has 0 bridgehead atoms. The van der Waals surface area contributed by atoms with Crippen LogP contribution in [0, 0.1) is 11.8 Å². The van der Waals surface area contributed by atoms with Crippen molar-refractivity contribution in [3.8, 4) is 5.75 Å². The number of hydrogen-bond donors (Lipinski definition) is 7. The number of phenols is 1. The molecule has 0 fully saturated rings. The van der Waals surface area contributed by atoms with E-state index in [1.54, 1.807) is 6.92 Å². The van der Waals surface area contributed by atoms with Gasteiger partial charge in [0.05, 0.1) is 23.6 Å². The molecule has 12 heteroatoms. The van der Waals surface area contributed by atoms with E-state index in [2.05, 4.69) is 5.32 Å². The van der Waals surface area contributed by atoms with Crippen molar-refractivity contribution in [2.75, 3.05) is 14.1 Å². The number of aromatic hydroxyl groups is 1. The smallest absolute Gasteiger partial charge is 0.255 e. The highest BCUT2D eigenvalue weighted by Crippen LogP contribution is 2.56. The van der Waals surface area contributed by atoms with Crippen molar-refractivity contribution in [3.05, 3.63) is 57.6 Å². The van der Waals surface area contributed by atoms with Gasteiger partial charge in [-0.3, -0.25) is 24.1 Å². The molecule has 0 aromatic heterocycles. The molecule has 0 unspecified atom stereocenters. The summed E-state index contributed by atoms with van der Waals surface area (Å²) in [5, 5.41) is 59.3. The first-order chi connectivity index (χ1) is 18.9. The SMILES string of the molecule is C[C@H]1c2c(/C=C/C(=O)NC(C)(C)C)ccc(O)c2C(=O)C2=C(O)[C@]3(O)C(=O)C(C(N)=O)=C(O)[C@H](N(C)C)[C@@H]3[C@@H](O)[C@@H]21. The monoisotopic (exact) mass is 569 g/mol. The minimum atomic E-state index is -2.98. The van der Waals surface area contributed by atoms with Gasteiger partial charge in [-0.15, -0.1) is 0 Å². The number of nitrogens with zero attached hydrogens (tertiary/aromatic N) is 1. The largest absolute Gasteiger partial charge is 0.510 e.